The molecular weight excluding hydrogens is 397 g/mol. The van der Waals surface area contributed by atoms with E-state index in [9.17, 15) is 18.0 Å². The summed E-state index contributed by atoms with van der Waals surface area (Å²) in [5.41, 5.74) is 2.76. The largest absolute Gasteiger partial charge is 0.418 e. The highest BCUT2D eigenvalue weighted by molar-refractivity contribution is 5.95. The van der Waals surface area contributed by atoms with Gasteiger partial charge in [-0.15, -0.1) is 0 Å². The maximum absolute atomic E-state index is 13.7. The minimum atomic E-state index is -4.67. The summed E-state index contributed by atoms with van der Waals surface area (Å²) in [5, 5.41) is 12.3. The summed E-state index contributed by atoms with van der Waals surface area (Å²) >= 11 is 0. The molecule has 0 aromatic carbocycles. The van der Waals surface area contributed by atoms with Crippen LogP contribution in [0, 0.1) is 13.8 Å². The number of H-pyrrole nitrogens is 2. The molecule has 2 aromatic heterocycles. The fourth-order valence-electron chi connectivity index (χ4n) is 3.65. The fourth-order valence-corrected chi connectivity index (χ4v) is 3.65. The Hall–Kier alpha value is -3.56. The van der Waals surface area contributed by atoms with Gasteiger partial charge in [0.2, 0.25) is 11.7 Å². The Morgan fingerprint density at radius 3 is 2.73 bits per heavy atom. The molecule has 0 fully saturated rings. The molecule has 4 N–H and O–H groups in total. The van der Waals surface area contributed by atoms with Gasteiger partial charge in [0.05, 0.1) is 11.4 Å². The predicted octanol–water partition coefficient (Wildman–Crippen LogP) is 2.46. The van der Waals surface area contributed by atoms with Crippen molar-refractivity contribution in [1.29, 1.82) is 0 Å². The van der Waals surface area contributed by atoms with E-state index >= 15 is 0 Å². The van der Waals surface area contributed by atoms with Crippen LogP contribution >= 0.6 is 0 Å². The van der Waals surface area contributed by atoms with Gasteiger partial charge < -0.3 is 15.5 Å². The molecular formula is C20H20F3N6O+. The number of carbonyl (C=O) groups excluding carboxylic acids is 1. The molecule has 0 bridgehead atoms. The van der Waals surface area contributed by atoms with Crippen LogP contribution in [-0.2, 0) is 4.79 Å². The summed E-state index contributed by atoms with van der Waals surface area (Å²) < 4.78 is 41.0. The number of nitrogens with zero attached hydrogens (tertiary/aromatic N) is 2. The van der Waals surface area contributed by atoms with Crippen LogP contribution in [0.4, 0.5) is 13.2 Å². The molecule has 2 aliphatic heterocycles. The van der Waals surface area contributed by atoms with Crippen molar-refractivity contribution in [3.05, 3.63) is 82.9 Å². The molecule has 1 amide bonds. The van der Waals surface area contributed by atoms with Crippen molar-refractivity contribution >= 4 is 5.91 Å². The minimum Gasteiger partial charge on any atom is -0.355 e. The number of pyridine rings is 1. The van der Waals surface area contributed by atoms with Crippen molar-refractivity contribution in [2.75, 3.05) is 0 Å². The number of halogens is 3. The minimum absolute atomic E-state index is 0.0609. The van der Waals surface area contributed by atoms with Gasteiger partial charge in [-0.2, -0.15) is 18.3 Å². The molecule has 156 valence electrons. The summed E-state index contributed by atoms with van der Waals surface area (Å²) in [6.45, 7) is 3.68. The van der Waals surface area contributed by atoms with E-state index in [0.29, 0.717) is 5.70 Å². The zero-order valence-corrected chi connectivity index (χ0v) is 16.2. The highest BCUT2D eigenvalue weighted by Gasteiger charge is 2.47. The van der Waals surface area contributed by atoms with Gasteiger partial charge in [0, 0.05) is 29.6 Å². The number of hydrogen-bond donors (Lipinski definition) is 3. The normalized spacial score (nSPS) is 19.0. The molecule has 0 spiro atoms. The second-order valence-electron chi connectivity index (χ2n) is 7.03. The standard InChI is InChI=1S/C20H19F3N6O/c1-11-15(12(2)28-27-11)18-25-16(14-8-4-6-10-29(14)18)19(30)26-17(20(21,22)23)13-7-3-5-9-24-13/h3-10,17-18,25H,1-2H3,(H,26,30)(H,27,28)/p+1. The van der Waals surface area contributed by atoms with E-state index in [1.165, 1.54) is 18.3 Å². The third-order valence-electron chi connectivity index (χ3n) is 5.04. The first-order chi connectivity index (χ1) is 14.3. The average molecular weight is 417 g/mol. The molecule has 7 nitrogen and oxygen atoms in total. The second kappa shape index (κ2) is 7.36. The van der Waals surface area contributed by atoms with Gasteiger partial charge in [0.1, 0.15) is 11.9 Å². The van der Waals surface area contributed by atoms with Crippen LogP contribution in [0.2, 0.25) is 0 Å². The molecule has 0 saturated heterocycles. The molecule has 30 heavy (non-hydrogen) atoms. The molecule has 0 radical (unpaired) electrons. The number of amides is 1. The van der Waals surface area contributed by atoms with E-state index < -0.39 is 24.3 Å². The molecule has 0 aliphatic carbocycles. The van der Waals surface area contributed by atoms with E-state index in [2.05, 4.69) is 25.8 Å². The lowest BCUT2D eigenvalue weighted by atomic mass is 10.1. The van der Waals surface area contributed by atoms with E-state index in [1.807, 2.05) is 13.8 Å². The number of fused-ring (bicyclic) bond motifs is 1. The molecule has 10 heteroatoms. The second-order valence-corrected chi connectivity index (χ2v) is 7.03. The van der Waals surface area contributed by atoms with E-state index in [1.54, 1.807) is 35.4 Å². The average Bonchev–Trinajstić information content (AvgIpc) is 3.25. The molecule has 4 heterocycles. The number of nitrogens with one attached hydrogen (secondary N) is 4. The van der Waals surface area contributed by atoms with Crippen molar-refractivity contribution in [1.82, 2.24) is 25.7 Å². The number of aromatic nitrogens is 3. The van der Waals surface area contributed by atoms with Gasteiger partial charge >= 0.3 is 6.18 Å². The van der Waals surface area contributed by atoms with Gasteiger partial charge in [-0.05, 0) is 26.0 Å². The summed E-state index contributed by atoms with van der Waals surface area (Å²) in [6.07, 6.45) is 3.22. The molecule has 4 rings (SSSR count). The Morgan fingerprint density at radius 2 is 2.10 bits per heavy atom. The Bertz CT molecular complexity index is 1030. The zero-order chi connectivity index (χ0) is 21.5. The lowest BCUT2D eigenvalue weighted by molar-refractivity contribution is -0.401. The summed E-state index contributed by atoms with van der Waals surface area (Å²) in [5.74, 6) is -0.851. The van der Waals surface area contributed by atoms with Crippen LogP contribution in [0.5, 0.6) is 0 Å². The van der Waals surface area contributed by atoms with Crippen LogP contribution in [-0.4, -0.2) is 27.2 Å². The highest BCUT2D eigenvalue weighted by atomic mass is 19.4. The van der Waals surface area contributed by atoms with Gasteiger partial charge in [0.25, 0.3) is 5.91 Å². The number of carbonyl (C=O) groups is 1. The van der Waals surface area contributed by atoms with Gasteiger partial charge in [-0.25, -0.2) is 4.98 Å². The lowest BCUT2D eigenvalue weighted by Gasteiger charge is -2.26. The van der Waals surface area contributed by atoms with Gasteiger partial charge in [0.15, 0.2) is 6.20 Å². The monoisotopic (exact) mass is 417 g/mol. The highest BCUT2D eigenvalue weighted by Crippen LogP contribution is 2.37. The third kappa shape index (κ3) is 3.44. The third-order valence-corrected chi connectivity index (χ3v) is 5.04. The number of alkyl halides is 3. The van der Waals surface area contributed by atoms with Crippen molar-refractivity contribution in [3.8, 4) is 0 Å². The SMILES string of the molecule is Cc1n[nH]c(C)c1C1NC(C(=O)NC(c2cccc[nH+]2)C(F)(F)F)=C2C=CC=CN21. The molecule has 2 atom stereocenters. The summed E-state index contributed by atoms with van der Waals surface area (Å²) in [4.78, 5) is 17.3. The van der Waals surface area contributed by atoms with E-state index in [0.717, 1.165) is 17.0 Å². The quantitative estimate of drug-likeness (QED) is 0.713. The number of allylic oxidation sites excluding steroid dienone is 3. The summed E-state index contributed by atoms with van der Waals surface area (Å²) in [6, 6.07) is 2.16. The van der Waals surface area contributed by atoms with Crippen LogP contribution in [0.25, 0.3) is 0 Å². The Balaban J connectivity index is 1.66. The topological polar surface area (TPSA) is 87.2 Å². The van der Waals surface area contributed by atoms with E-state index in [-0.39, 0.29) is 11.4 Å². The van der Waals surface area contributed by atoms with Crippen molar-refractivity contribution in [2.24, 2.45) is 0 Å². The first-order valence-corrected chi connectivity index (χ1v) is 9.27. The van der Waals surface area contributed by atoms with Gasteiger partial charge in [-0.1, -0.05) is 12.1 Å². The number of hydrogen-bond acceptors (Lipinski definition) is 4. The maximum Gasteiger partial charge on any atom is 0.418 e. The lowest BCUT2D eigenvalue weighted by Crippen LogP contribution is -2.43. The molecule has 2 aromatic rings. The Kier molecular flexibility index (Phi) is 4.84. The van der Waals surface area contributed by atoms with Gasteiger partial charge in [-0.3, -0.25) is 9.89 Å². The summed E-state index contributed by atoms with van der Waals surface area (Å²) in [7, 11) is 0. The first-order valence-electron chi connectivity index (χ1n) is 9.27. The number of rotatable bonds is 4. The smallest absolute Gasteiger partial charge is 0.355 e. The van der Waals surface area contributed by atoms with Crippen molar-refractivity contribution in [2.45, 2.75) is 32.2 Å². The van der Waals surface area contributed by atoms with Crippen molar-refractivity contribution < 1.29 is 22.9 Å². The Morgan fingerprint density at radius 1 is 1.30 bits per heavy atom. The first kappa shape index (κ1) is 19.7. The fraction of sp³-hybridized carbons (Fsp3) is 0.250. The van der Waals surface area contributed by atoms with Crippen LogP contribution in [0.3, 0.4) is 0 Å². The van der Waals surface area contributed by atoms with Crippen LogP contribution in [0.1, 0.15) is 34.9 Å². The van der Waals surface area contributed by atoms with Crippen LogP contribution in [0.15, 0.2) is 60.2 Å². The Labute approximate surface area is 170 Å². The van der Waals surface area contributed by atoms with Crippen molar-refractivity contribution in [3.63, 3.8) is 0 Å². The van der Waals surface area contributed by atoms with Crippen LogP contribution < -0.4 is 15.6 Å². The molecule has 0 saturated carbocycles. The van der Waals surface area contributed by atoms with E-state index in [4.69, 9.17) is 0 Å². The zero-order valence-electron chi connectivity index (χ0n) is 16.2. The number of aryl methyl sites for hydroxylation is 2. The predicted molar refractivity (Wildman–Crippen MR) is 101 cm³/mol. The molecule has 2 aliphatic rings. The number of aromatic amines is 2. The molecule has 2 unspecified atom stereocenters. The maximum atomic E-state index is 13.7.